The first-order chi connectivity index (χ1) is 10.9. The number of aliphatic hydroxyl groups is 1. The molecule has 0 aliphatic heterocycles. The summed E-state index contributed by atoms with van der Waals surface area (Å²) in [5.41, 5.74) is 1.21. The SMILES string of the molecule is OCCOCCOCCOCCCCOCc1ccccc1. The van der Waals surface area contributed by atoms with Crippen LogP contribution in [0.5, 0.6) is 0 Å². The van der Waals surface area contributed by atoms with Crippen molar-refractivity contribution in [2.24, 2.45) is 0 Å². The van der Waals surface area contributed by atoms with E-state index in [1.807, 2.05) is 18.2 Å². The van der Waals surface area contributed by atoms with Crippen molar-refractivity contribution < 1.29 is 24.1 Å². The Morgan fingerprint density at radius 3 is 1.82 bits per heavy atom. The summed E-state index contributed by atoms with van der Waals surface area (Å²) in [4.78, 5) is 0. The zero-order valence-electron chi connectivity index (χ0n) is 13.2. The molecule has 1 rings (SSSR count). The molecular formula is C17H28O5. The van der Waals surface area contributed by atoms with Crippen molar-refractivity contribution >= 4 is 0 Å². The lowest BCUT2D eigenvalue weighted by Crippen LogP contribution is -2.11. The van der Waals surface area contributed by atoms with Gasteiger partial charge in [0, 0.05) is 13.2 Å². The molecule has 0 aliphatic carbocycles. The molecule has 0 amide bonds. The fraction of sp³-hybridized carbons (Fsp3) is 0.647. The maximum Gasteiger partial charge on any atom is 0.0716 e. The van der Waals surface area contributed by atoms with Crippen LogP contribution in [0.1, 0.15) is 18.4 Å². The molecule has 0 aliphatic rings. The van der Waals surface area contributed by atoms with E-state index in [0.29, 0.717) is 39.6 Å². The highest BCUT2D eigenvalue weighted by molar-refractivity contribution is 5.13. The molecule has 0 radical (unpaired) electrons. The summed E-state index contributed by atoms with van der Waals surface area (Å²) >= 11 is 0. The van der Waals surface area contributed by atoms with Crippen LogP contribution in [0.25, 0.3) is 0 Å². The minimum atomic E-state index is 0.0537. The number of hydrogen-bond donors (Lipinski definition) is 1. The van der Waals surface area contributed by atoms with E-state index in [4.69, 9.17) is 24.1 Å². The summed E-state index contributed by atoms with van der Waals surface area (Å²) < 4.78 is 21.5. The molecule has 0 atom stereocenters. The van der Waals surface area contributed by atoms with E-state index in [-0.39, 0.29) is 6.61 Å². The van der Waals surface area contributed by atoms with Crippen LogP contribution in [0.15, 0.2) is 30.3 Å². The van der Waals surface area contributed by atoms with E-state index in [0.717, 1.165) is 26.1 Å². The van der Waals surface area contributed by atoms with Gasteiger partial charge in [0.25, 0.3) is 0 Å². The predicted octanol–water partition coefficient (Wildman–Crippen LogP) is 2.03. The summed E-state index contributed by atoms with van der Waals surface area (Å²) in [6, 6.07) is 10.2. The van der Waals surface area contributed by atoms with Gasteiger partial charge in [-0.1, -0.05) is 30.3 Å². The van der Waals surface area contributed by atoms with Crippen LogP contribution >= 0.6 is 0 Å². The van der Waals surface area contributed by atoms with Gasteiger partial charge in [-0.2, -0.15) is 0 Å². The normalized spacial score (nSPS) is 11.0. The van der Waals surface area contributed by atoms with Gasteiger partial charge in [0.15, 0.2) is 0 Å². The van der Waals surface area contributed by atoms with Crippen LogP contribution in [-0.4, -0.2) is 58.0 Å². The molecular weight excluding hydrogens is 284 g/mol. The third kappa shape index (κ3) is 11.7. The molecule has 0 saturated heterocycles. The average molecular weight is 312 g/mol. The van der Waals surface area contributed by atoms with E-state index in [1.54, 1.807) is 0 Å². The first kappa shape index (κ1) is 19.1. The monoisotopic (exact) mass is 312 g/mol. The maximum absolute atomic E-state index is 8.51. The van der Waals surface area contributed by atoms with Gasteiger partial charge in [0.2, 0.25) is 0 Å². The largest absolute Gasteiger partial charge is 0.394 e. The number of unbranched alkanes of at least 4 members (excludes halogenated alkanes) is 1. The number of benzene rings is 1. The van der Waals surface area contributed by atoms with Crippen molar-refractivity contribution in [1.82, 2.24) is 0 Å². The van der Waals surface area contributed by atoms with Crippen LogP contribution in [0.3, 0.4) is 0 Å². The Labute approximate surface area is 133 Å². The Morgan fingerprint density at radius 2 is 1.18 bits per heavy atom. The van der Waals surface area contributed by atoms with Gasteiger partial charge in [0.05, 0.1) is 46.2 Å². The Hall–Kier alpha value is -0.980. The minimum absolute atomic E-state index is 0.0537. The summed E-state index contributed by atoms with van der Waals surface area (Å²) in [6.07, 6.45) is 2.00. The molecule has 0 saturated carbocycles. The molecule has 0 aromatic heterocycles. The molecule has 126 valence electrons. The maximum atomic E-state index is 8.51. The van der Waals surface area contributed by atoms with Crippen LogP contribution < -0.4 is 0 Å². The molecule has 5 nitrogen and oxygen atoms in total. The van der Waals surface area contributed by atoms with Crippen LogP contribution in [-0.2, 0) is 25.6 Å². The van der Waals surface area contributed by atoms with Gasteiger partial charge in [-0.15, -0.1) is 0 Å². The fourth-order valence-corrected chi connectivity index (χ4v) is 1.78. The highest BCUT2D eigenvalue weighted by atomic mass is 16.5. The third-order valence-electron chi connectivity index (χ3n) is 2.92. The lowest BCUT2D eigenvalue weighted by atomic mass is 10.2. The van der Waals surface area contributed by atoms with Crippen LogP contribution in [0, 0.1) is 0 Å². The average Bonchev–Trinajstić information content (AvgIpc) is 2.56. The summed E-state index contributed by atoms with van der Waals surface area (Å²) in [6.45, 7) is 4.82. The van der Waals surface area contributed by atoms with E-state index < -0.39 is 0 Å². The van der Waals surface area contributed by atoms with Crippen LogP contribution in [0.4, 0.5) is 0 Å². The van der Waals surface area contributed by atoms with Crippen molar-refractivity contribution in [2.75, 3.05) is 52.9 Å². The van der Waals surface area contributed by atoms with Gasteiger partial charge in [-0.3, -0.25) is 0 Å². The minimum Gasteiger partial charge on any atom is -0.394 e. The first-order valence-electron chi connectivity index (χ1n) is 7.89. The molecule has 1 aromatic rings. The topological polar surface area (TPSA) is 57.2 Å². The van der Waals surface area contributed by atoms with Crippen molar-refractivity contribution in [3.8, 4) is 0 Å². The van der Waals surface area contributed by atoms with Crippen molar-refractivity contribution in [3.63, 3.8) is 0 Å². The van der Waals surface area contributed by atoms with Crippen LogP contribution in [0.2, 0.25) is 0 Å². The van der Waals surface area contributed by atoms with E-state index in [9.17, 15) is 0 Å². The van der Waals surface area contributed by atoms with Crippen molar-refractivity contribution in [2.45, 2.75) is 19.4 Å². The Morgan fingerprint density at radius 1 is 0.636 bits per heavy atom. The molecule has 0 spiro atoms. The second kappa shape index (κ2) is 14.9. The molecule has 5 heteroatoms. The standard InChI is InChI=1S/C17H28O5/c18-8-11-20-13-15-21-14-12-19-9-4-5-10-22-16-17-6-2-1-3-7-17/h1-3,6-7,18H,4-5,8-16H2. The van der Waals surface area contributed by atoms with Gasteiger partial charge in [0.1, 0.15) is 0 Å². The van der Waals surface area contributed by atoms with Crippen molar-refractivity contribution in [3.05, 3.63) is 35.9 Å². The zero-order chi connectivity index (χ0) is 15.7. The van der Waals surface area contributed by atoms with E-state index >= 15 is 0 Å². The molecule has 1 aromatic carbocycles. The van der Waals surface area contributed by atoms with Gasteiger partial charge < -0.3 is 24.1 Å². The Kier molecular flexibility index (Phi) is 12.9. The van der Waals surface area contributed by atoms with E-state index in [1.165, 1.54) is 5.56 Å². The van der Waals surface area contributed by atoms with Gasteiger partial charge in [-0.25, -0.2) is 0 Å². The molecule has 0 fully saturated rings. The Bertz CT molecular complexity index is 331. The lowest BCUT2D eigenvalue weighted by Gasteiger charge is -2.07. The second-order valence-corrected chi connectivity index (χ2v) is 4.81. The second-order valence-electron chi connectivity index (χ2n) is 4.81. The number of ether oxygens (including phenoxy) is 4. The highest BCUT2D eigenvalue weighted by Gasteiger charge is 1.94. The lowest BCUT2D eigenvalue weighted by molar-refractivity contribution is 0.00629. The smallest absolute Gasteiger partial charge is 0.0716 e. The summed E-state index contributed by atoms with van der Waals surface area (Å²) in [7, 11) is 0. The summed E-state index contributed by atoms with van der Waals surface area (Å²) in [5.74, 6) is 0. The fourth-order valence-electron chi connectivity index (χ4n) is 1.78. The first-order valence-corrected chi connectivity index (χ1v) is 7.89. The predicted molar refractivity (Wildman–Crippen MR) is 84.9 cm³/mol. The molecule has 0 bridgehead atoms. The molecule has 1 N–H and O–H groups in total. The zero-order valence-corrected chi connectivity index (χ0v) is 13.2. The molecule has 0 unspecified atom stereocenters. The third-order valence-corrected chi connectivity index (χ3v) is 2.92. The molecule has 22 heavy (non-hydrogen) atoms. The molecule has 0 heterocycles. The summed E-state index contributed by atoms with van der Waals surface area (Å²) in [5, 5.41) is 8.51. The number of rotatable bonds is 15. The number of aliphatic hydroxyl groups excluding tert-OH is 1. The number of hydrogen-bond acceptors (Lipinski definition) is 5. The van der Waals surface area contributed by atoms with Gasteiger partial charge >= 0.3 is 0 Å². The van der Waals surface area contributed by atoms with Gasteiger partial charge in [-0.05, 0) is 18.4 Å². The van der Waals surface area contributed by atoms with E-state index in [2.05, 4.69) is 12.1 Å². The quantitative estimate of drug-likeness (QED) is 0.502. The Balaban J connectivity index is 1.73. The highest BCUT2D eigenvalue weighted by Crippen LogP contribution is 2.01. The van der Waals surface area contributed by atoms with Crippen molar-refractivity contribution in [1.29, 1.82) is 0 Å².